The van der Waals surface area contributed by atoms with Gasteiger partial charge in [-0.3, -0.25) is 14.5 Å². The molecule has 1 aromatic rings. The summed E-state index contributed by atoms with van der Waals surface area (Å²) in [6.45, 7) is 4.30. The van der Waals surface area contributed by atoms with Gasteiger partial charge < -0.3 is 46.9 Å². The number of nitrogens with one attached hydrogen (secondary N) is 2. The highest BCUT2D eigenvalue weighted by atomic mass is 16.5. The number of fused-ring (bicyclic) bond motifs is 1. The molecule has 3 fully saturated rings. The number of hydrogen-bond acceptors (Lipinski definition) is 12. The number of carbonyl (C=O) groups is 3. The smallest absolute Gasteiger partial charge is 0.327 e. The van der Waals surface area contributed by atoms with Crippen molar-refractivity contribution in [3.8, 4) is 5.75 Å². The molecule has 2 unspecified atom stereocenters. The van der Waals surface area contributed by atoms with Crippen LogP contribution in [0, 0.1) is 0 Å². The van der Waals surface area contributed by atoms with Crippen LogP contribution in [-0.4, -0.2) is 117 Å². The molecule has 0 radical (unpaired) electrons. The molecule has 0 aromatic heterocycles. The molecule has 8 N–H and O–H groups in total. The summed E-state index contributed by atoms with van der Waals surface area (Å²) >= 11 is 0. The summed E-state index contributed by atoms with van der Waals surface area (Å²) in [5.74, 6) is -3.27. The molecule has 1 aromatic carbocycles. The first-order valence-electron chi connectivity index (χ1n) is 15.2. The number of aliphatic hydroxyl groups is 2. The van der Waals surface area contributed by atoms with Gasteiger partial charge in [0.25, 0.3) is 5.91 Å². The van der Waals surface area contributed by atoms with Gasteiger partial charge in [-0.1, -0.05) is 38.8 Å². The van der Waals surface area contributed by atoms with Gasteiger partial charge >= 0.3 is 6.03 Å². The highest BCUT2D eigenvalue weighted by Crippen LogP contribution is 2.46. The third kappa shape index (κ3) is 3.98. The lowest BCUT2D eigenvalue weighted by atomic mass is 9.79. The van der Waals surface area contributed by atoms with E-state index in [0.717, 1.165) is 42.6 Å². The Morgan fingerprint density at radius 1 is 1.18 bits per heavy atom. The second-order valence-corrected chi connectivity index (χ2v) is 13.3. The first-order valence-corrected chi connectivity index (χ1v) is 15.2. The lowest BCUT2D eigenvalue weighted by molar-refractivity contribution is -0.230. The zero-order valence-corrected chi connectivity index (χ0v) is 24.8. The van der Waals surface area contributed by atoms with Gasteiger partial charge in [0.15, 0.2) is 17.6 Å². The average Bonchev–Trinajstić information content (AvgIpc) is 3.72. The summed E-state index contributed by atoms with van der Waals surface area (Å²) in [6.07, 6.45) is 4.52. The van der Waals surface area contributed by atoms with E-state index in [1.165, 1.54) is 4.90 Å². The van der Waals surface area contributed by atoms with E-state index < -0.39 is 41.5 Å². The normalized spacial score (nSPS) is 32.0. The molecule has 15 nitrogen and oxygen atoms in total. The second-order valence-electron chi connectivity index (χ2n) is 13.3. The lowest BCUT2D eigenvalue weighted by Gasteiger charge is -2.49. The topological polar surface area (TPSA) is 211 Å². The molecule has 236 valence electrons. The number of rotatable bonds is 5. The van der Waals surface area contributed by atoms with Crippen molar-refractivity contribution in [2.45, 2.75) is 87.0 Å². The molecule has 7 rings (SSSR count). The molecule has 6 aliphatic rings. The van der Waals surface area contributed by atoms with Crippen molar-refractivity contribution >= 4 is 29.8 Å². The summed E-state index contributed by atoms with van der Waals surface area (Å²) in [5, 5.41) is 29.4. The summed E-state index contributed by atoms with van der Waals surface area (Å²) in [4.78, 5) is 53.2. The monoisotopic (exact) mass is 609 g/mol. The van der Waals surface area contributed by atoms with Gasteiger partial charge in [0.05, 0.1) is 24.8 Å². The molecule has 1 saturated carbocycles. The Morgan fingerprint density at radius 2 is 1.93 bits per heavy atom. The van der Waals surface area contributed by atoms with Crippen LogP contribution in [-0.2, 0) is 10.2 Å². The highest BCUT2D eigenvalue weighted by molar-refractivity contribution is 6.02. The maximum Gasteiger partial charge on any atom is 0.327 e. The fourth-order valence-corrected chi connectivity index (χ4v) is 7.85. The first kappa shape index (κ1) is 28.6. The van der Waals surface area contributed by atoms with Crippen molar-refractivity contribution in [2.75, 3.05) is 26.2 Å². The van der Waals surface area contributed by atoms with Gasteiger partial charge in [0.2, 0.25) is 11.7 Å². The number of nitrogens with zero attached hydrogens (tertiary/aromatic N) is 5. The molecule has 5 aliphatic heterocycles. The molecule has 4 amide bonds. The lowest BCUT2D eigenvalue weighted by Crippen LogP contribution is -2.78. The van der Waals surface area contributed by atoms with Crippen LogP contribution in [0.2, 0.25) is 0 Å². The Hall–Kier alpha value is -4.11. The number of urea groups is 1. The molecule has 15 heteroatoms. The fourth-order valence-electron chi connectivity index (χ4n) is 7.85. The quantitative estimate of drug-likeness (QED) is 0.172. The minimum atomic E-state index is -2.67. The van der Waals surface area contributed by atoms with E-state index in [1.807, 2.05) is 6.07 Å². The zero-order chi connectivity index (χ0) is 31.2. The molecule has 0 bridgehead atoms. The number of carbonyl (C=O) groups excluding carboxylic acids is 3. The SMILES string of the molecule is CC1(C)CCOc2c(C(=O)NC3CN4C(N)=N[C@@H](CN5C(=O)CN(C6CCCC6)C5=O)[C@@H]5N=C(N)NC54C3(O)O)cccc21. The maximum absolute atomic E-state index is 13.7. The summed E-state index contributed by atoms with van der Waals surface area (Å²) in [7, 11) is 0. The van der Waals surface area contributed by atoms with Crippen LogP contribution in [0.15, 0.2) is 28.2 Å². The molecular weight excluding hydrogens is 570 g/mol. The van der Waals surface area contributed by atoms with E-state index in [0.29, 0.717) is 12.4 Å². The van der Waals surface area contributed by atoms with Gasteiger partial charge in [-0.2, -0.15) is 0 Å². The Kier molecular flexibility index (Phi) is 6.31. The van der Waals surface area contributed by atoms with E-state index in [4.69, 9.17) is 16.2 Å². The van der Waals surface area contributed by atoms with Crippen LogP contribution in [0.5, 0.6) is 5.75 Å². The largest absolute Gasteiger partial charge is 0.492 e. The van der Waals surface area contributed by atoms with Crippen molar-refractivity contribution in [2.24, 2.45) is 21.5 Å². The van der Waals surface area contributed by atoms with Crippen molar-refractivity contribution in [3.05, 3.63) is 29.3 Å². The van der Waals surface area contributed by atoms with Crippen LogP contribution in [0.25, 0.3) is 0 Å². The number of amides is 4. The number of hydrogen-bond donors (Lipinski definition) is 6. The second kappa shape index (κ2) is 9.69. The van der Waals surface area contributed by atoms with Crippen LogP contribution >= 0.6 is 0 Å². The van der Waals surface area contributed by atoms with Gasteiger partial charge in [0, 0.05) is 18.2 Å². The van der Waals surface area contributed by atoms with Gasteiger partial charge in [0.1, 0.15) is 24.4 Å². The molecule has 44 heavy (non-hydrogen) atoms. The third-order valence-electron chi connectivity index (χ3n) is 10.3. The number of imide groups is 1. The van der Waals surface area contributed by atoms with Crippen LogP contribution in [0.3, 0.4) is 0 Å². The highest BCUT2D eigenvalue weighted by Gasteiger charge is 2.73. The van der Waals surface area contributed by atoms with Crippen LogP contribution in [0.1, 0.15) is 61.9 Å². The van der Waals surface area contributed by atoms with E-state index in [-0.39, 0.29) is 54.5 Å². The van der Waals surface area contributed by atoms with E-state index in [1.54, 1.807) is 17.0 Å². The molecule has 4 atom stereocenters. The minimum Gasteiger partial charge on any atom is -0.492 e. The fraction of sp³-hybridized carbons (Fsp3) is 0.621. The molecule has 1 spiro atoms. The van der Waals surface area contributed by atoms with Gasteiger partial charge in [-0.05, 0) is 30.7 Å². The predicted octanol–water partition coefficient (Wildman–Crippen LogP) is -1.27. The number of aliphatic imine (C=N–C) groups is 2. The van der Waals surface area contributed by atoms with E-state index in [9.17, 15) is 24.6 Å². The predicted molar refractivity (Wildman–Crippen MR) is 157 cm³/mol. The zero-order valence-electron chi connectivity index (χ0n) is 24.8. The molecule has 5 heterocycles. The number of ether oxygens (including phenoxy) is 1. The van der Waals surface area contributed by atoms with Crippen molar-refractivity contribution in [3.63, 3.8) is 0 Å². The summed E-state index contributed by atoms with van der Waals surface area (Å²) in [5.41, 5.74) is 11.7. The van der Waals surface area contributed by atoms with Crippen LogP contribution < -0.4 is 26.8 Å². The van der Waals surface area contributed by atoms with Crippen LogP contribution in [0.4, 0.5) is 4.79 Å². The first-order chi connectivity index (χ1) is 20.8. The van der Waals surface area contributed by atoms with Gasteiger partial charge in [-0.15, -0.1) is 0 Å². The van der Waals surface area contributed by atoms with E-state index in [2.05, 4.69) is 34.5 Å². The Morgan fingerprint density at radius 3 is 2.68 bits per heavy atom. The summed E-state index contributed by atoms with van der Waals surface area (Å²) in [6, 6.07) is 1.71. The standard InChI is InChI=1S/C29H39N9O6/c1-27(2)10-11-44-21-16(8-5-9-17(21)27)23(40)33-19-13-38-25(31)32-18(22-28(38,29(19,42)43)35-24(30)34-22)12-37-20(39)14-36(26(37)41)15-6-3-4-7-15/h5,8-9,15,18-19,22,42-43H,3-4,6-7,10-14H2,1-2H3,(H2,31,32)(H,33,40)(H3,30,34,35)/t18-,19?,22-,28?/m0/s1. The molecular formula is C29H39N9O6. The Bertz CT molecular complexity index is 1490. The van der Waals surface area contributed by atoms with E-state index >= 15 is 0 Å². The number of guanidine groups is 2. The number of para-hydroxylation sites is 1. The molecule has 2 saturated heterocycles. The van der Waals surface area contributed by atoms with Crippen molar-refractivity contribution < 1.29 is 29.3 Å². The summed E-state index contributed by atoms with van der Waals surface area (Å²) < 4.78 is 5.91. The van der Waals surface area contributed by atoms with Gasteiger partial charge in [-0.25, -0.2) is 14.8 Å². The van der Waals surface area contributed by atoms with Crippen molar-refractivity contribution in [1.82, 2.24) is 25.3 Å². The number of nitrogens with two attached hydrogens (primary N) is 2. The Labute approximate surface area is 254 Å². The average molecular weight is 610 g/mol. The van der Waals surface area contributed by atoms with Crippen molar-refractivity contribution in [1.29, 1.82) is 0 Å². The Balaban J connectivity index is 1.16. The number of benzene rings is 1. The maximum atomic E-state index is 13.7. The third-order valence-corrected chi connectivity index (χ3v) is 10.3. The minimum absolute atomic E-state index is 0.0108. The molecule has 1 aliphatic carbocycles.